The number of nitrogens with zero attached hydrogens (tertiary/aromatic N) is 2. The molecule has 1 aliphatic rings. The first-order valence-electron chi connectivity index (χ1n) is 8.83. The molecule has 7 nitrogen and oxygen atoms in total. The molecule has 0 amide bonds. The van der Waals surface area contributed by atoms with Crippen molar-refractivity contribution in [2.45, 2.75) is 6.92 Å². The molecular formula is C20H21N3O4S. The molecule has 0 saturated carbocycles. The average Bonchev–Trinajstić information content (AvgIpc) is 2.68. The van der Waals surface area contributed by atoms with Crippen molar-refractivity contribution in [1.29, 1.82) is 0 Å². The minimum absolute atomic E-state index is 0.0511. The van der Waals surface area contributed by atoms with Crippen molar-refractivity contribution in [3.63, 3.8) is 0 Å². The highest BCUT2D eigenvalue weighted by atomic mass is 32.1. The van der Waals surface area contributed by atoms with Crippen LogP contribution in [0.2, 0.25) is 0 Å². The number of thiocarbonyl (C=S) groups is 1. The number of carboxylic acid groups (broad SMARTS) is 1. The maximum Gasteiger partial charge on any atom is 0.339 e. The molecule has 0 atom stereocenters. The van der Waals surface area contributed by atoms with E-state index in [0.29, 0.717) is 16.4 Å². The number of aromatic hydroxyl groups is 1. The lowest BCUT2D eigenvalue weighted by molar-refractivity contribution is 0.0693. The van der Waals surface area contributed by atoms with Crippen molar-refractivity contribution in [3.8, 4) is 5.75 Å². The monoisotopic (exact) mass is 399 g/mol. The number of Topliss-reactive ketones (excluding diaryl/α,β-unsaturated/α-hetero) is 1. The second kappa shape index (κ2) is 8.26. The van der Waals surface area contributed by atoms with Crippen molar-refractivity contribution >= 4 is 40.5 Å². The van der Waals surface area contributed by atoms with Crippen molar-refractivity contribution in [2.24, 2.45) is 0 Å². The highest BCUT2D eigenvalue weighted by molar-refractivity contribution is 7.80. The van der Waals surface area contributed by atoms with Gasteiger partial charge in [0, 0.05) is 49.2 Å². The van der Waals surface area contributed by atoms with Crippen molar-refractivity contribution in [2.75, 3.05) is 36.4 Å². The highest BCUT2D eigenvalue weighted by Gasteiger charge is 2.20. The van der Waals surface area contributed by atoms with Crippen molar-refractivity contribution in [1.82, 2.24) is 4.90 Å². The normalized spacial score (nSPS) is 13.9. The average molecular weight is 399 g/mol. The van der Waals surface area contributed by atoms with E-state index in [1.54, 1.807) is 13.0 Å². The lowest BCUT2D eigenvalue weighted by atomic mass is 10.1. The molecule has 3 N–H and O–H groups in total. The zero-order valence-electron chi connectivity index (χ0n) is 15.4. The van der Waals surface area contributed by atoms with E-state index in [1.165, 1.54) is 12.1 Å². The van der Waals surface area contributed by atoms with Gasteiger partial charge in [-0.2, -0.15) is 0 Å². The van der Waals surface area contributed by atoms with Crippen LogP contribution in [0.5, 0.6) is 5.75 Å². The number of carbonyl (C=O) groups is 2. The number of hydrogen-bond donors (Lipinski definition) is 3. The molecule has 2 aromatic rings. The Morgan fingerprint density at radius 1 is 1.04 bits per heavy atom. The van der Waals surface area contributed by atoms with Crippen LogP contribution in [-0.2, 0) is 0 Å². The van der Waals surface area contributed by atoms with Crippen LogP contribution < -0.4 is 10.2 Å². The Morgan fingerprint density at radius 3 is 2.21 bits per heavy atom. The fourth-order valence-electron chi connectivity index (χ4n) is 3.07. The number of rotatable bonds is 4. The van der Waals surface area contributed by atoms with Crippen molar-refractivity contribution in [3.05, 3.63) is 53.6 Å². The number of carbonyl (C=O) groups excluding carboxylic acids is 1. The van der Waals surface area contributed by atoms with Gasteiger partial charge in [0.05, 0.1) is 0 Å². The summed E-state index contributed by atoms with van der Waals surface area (Å²) in [6, 6.07) is 11.8. The van der Waals surface area contributed by atoms with Gasteiger partial charge in [0.15, 0.2) is 10.9 Å². The Morgan fingerprint density at radius 2 is 1.68 bits per heavy atom. The molecule has 146 valence electrons. The molecule has 28 heavy (non-hydrogen) atoms. The molecule has 1 saturated heterocycles. The second-order valence-electron chi connectivity index (χ2n) is 6.54. The van der Waals surface area contributed by atoms with Crippen LogP contribution in [-0.4, -0.2) is 58.2 Å². The van der Waals surface area contributed by atoms with Crippen LogP contribution >= 0.6 is 12.2 Å². The summed E-state index contributed by atoms with van der Waals surface area (Å²) in [5, 5.41) is 22.3. The number of hydrogen-bond acceptors (Lipinski definition) is 5. The van der Waals surface area contributed by atoms with E-state index >= 15 is 0 Å². The molecule has 0 spiro atoms. The van der Waals surface area contributed by atoms with Crippen LogP contribution in [0.1, 0.15) is 27.6 Å². The Hall–Kier alpha value is -3.13. The molecule has 0 aromatic heterocycles. The second-order valence-corrected chi connectivity index (χ2v) is 6.93. The van der Waals surface area contributed by atoms with E-state index in [0.717, 1.165) is 31.9 Å². The number of piperazine rings is 1. The molecule has 3 rings (SSSR count). The Kier molecular flexibility index (Phi) is 5.79. The molecule has 2 aromatic carbocycles. The van der Waals surface area contributed by atoms with Gasteiger partial charge in [0.25, 0.3) is 0 Å². The van der Waals surface area contributed by atoms with Gasteiger partial charge < -0.3 is 25.3 Å². The number of ketones is 1. The first-order chi connectivity index (χ1) is 13.3. The molecule has 8 heteroatoms. The molecule has 0 radical (unpaired) electrons. The summed E-state index contributed by atoms with van der Waals surface area (Å²) >= 11 is 5.45. The minimum atomic E-state index is -1.18. The van der Waals surface area contributed by atoms with Crippen LogP contribution in [0.15, 0.2) is 42.5 Å². The molecule has 0 bridgehead atoms. The number of carboxylic acids is 1. The fourth-order valence-corrected chi connectivity index (χ4v) is 3.37. The topological polar surface area (TPSA) is 93.1 Å². The summed E-state index contributed by atoms with van der Waals surface area (Å²) in [6.07, 6.45) is 0. The molecule has 1 fully saturated rings. The van der Waals surface area contributed by atoms with Crippen LogP contribution in [0, 0.1) is 0 Å². The Bertz CT molecular complexity index is 906. The van der Waals surface area contributed by atoms with E-state index in [1.807, 2.05) is 29.2 Å². The van der Waals surface area contributed by atoms with Gasteiger partial charge in [0.1, 0.15) is 11.3 Å². The van der Waals surface area contributed by atoms with Gasteiger partial charge in [-0.3, -0.25) is 4.79 Å². The fraction of sp³-hybridized carbons (Fsp3) is 0.250. The van der Waals surface area contributed by atoms with Crippen molar-refractivity contribution < 1.29 is 19.8 Å². The van der Waals surface area contributed by atoms with E-state index in [9.17, 15) is 14.7 Å². The minimum Gasteiger partial charge on any atom is -0.507 e. The van der Waals surface area contributed by atoms with Gasteiger partial charge >= 0.3 is 5.97 Å². The standard InChI is InChI=1S/C20H21N3O4S/c1-13(24)14-2-5-16(6-3-14)22-8-10-23(11-9-22)20(28)21-15-4-7-17(19(26)27)18(25)12-15/h2-7,12,25H,8-11H2,1H3,(H,21,28)(H,26,27). The van der Waals surface area contributed by atoms with Crippen LogP contribution in [0.25, 0.3) is 0 Å². The molecule has 1 aliphatic heterocycles. The van der Waals surface area contributed by atoms with Gasteiger partial charge in [-0.25, -0.2) is 4.79 Å². The maximum atomic E-state index is 11.4. The quantitative estimate of drug-likeness (QED) is 0.534. The van der Waals surface area contributed by atoms with E-state index in [4.69, 9.17) is 17.3 Å². The third-order valence-corrected chi connectivity index (χ3v) is 5.05. The first-order valence-corrected chi connectivity index (χ1v) is 9.24. The summed E-state index contributed by atoms with van der Waals surface area (Å²) < 4.78 is 0. The number of phenols is 1. The number of aromatic carboxylic acids is 1. The predicted octanol–water partition coefficient (Wildman–Crippen LogP) is 2.81. The summed E-state index contributed by atoms with van der Waals surface area (Å²) in [7, 11) is 0. The predicted molar refractivity (Wildman–Crippen MR) is 112 cm³/mol. The summed E-state index contributed by atoms with van der Waals surface area (Å²) in [5.41, 5.74) is 2.15. The lowest BCUT2D eigenvalue weighted by Crippen LogP contribution is -2.50. The Labute approximate surface area is 168 Å². The number of anilines is 2. The molecular weight excluding hydrogens is 378 g/mol. The summed E-state index contributed by atoms with van der Waals surface area (Å²) in [5.74, 6) is -1.44. The van der Waals surface area contributed by atoms with Gasteiger partial charge in [0.2, 0.25) is 0 Å². The molecule has 0 unspecified atom stereocenters. The third kappa shape index (κ3) is 4.40. The zero-order valence-corrected chi connectivity index (χ0v) is 16.2. The smallest absolute Gasteiger partial charge is 0.339 e. The third-order valence-electron chi connectivity index (χ3n) is 4.69. The number of benzene rings is 2. The first kappa shape index (κ1) is 19.6. The van der Waals surface area contributed by atoms with Gasteiger partial charge in [-0.1, -0.05) is 0 Å². The van der Waals surface area contributed by atoms with E-state index in [2.05, 4.69) is 10.2 Å². The Balaban J connectivity index is 1.57. The highest BCUT2D eigenvalue weighted by Crippen LogP contribution is 2.23. The van der Waals surface area contributed by atoms with Crippen LogP contribution in [0.3, 0.4) is 0 Å². The summed E-state index contributed by atoms with van der Waals surface area (Å²) in [6.45, 7) is 4.56. The zero-order chi connectivity index (χ0) is 20.3. The van der Waals surface area contributed by atoms with Gasteiger partial charge in [-0.05, 0) is 55.5 Å². The van der Waals surface area contributed by atoms with E-state index in [-0.39, 0.29) is 17.1 Å². The molecule has 1 heterocycles. The number of nitrogens with one attached hydrogen (secondary N) is 1. The van der Waals surface area contributed by atoms with E-state index < -0.39 is 5.97 Å². The largest absolute Gasteiger partial charge is 0.507 e. The molecule has 0 aliphatic carbocycles. The maximum absolute atomic E-state index is 11.4. The van der Waals surface area contributed by atoms with Crippen LogP contribution in [0.4, 0.5) is 11.4 Å². The summed E-state index contributed by atoms with van der Waals surface area (Å²) in [4.78, 5) is 26.6. The SMILES string of the molecule is CC(=O)c1ccc(N2CCN(C(=S)Nc3ccc(C(=O)O)c(O)c3)CC2)cc1. The lowest BCUT2D eigenvalue weighted by Gasteiger charge is -2.37. The van der Waals surface area contributed by atoms with Gasteiger partial charge in [-0.15, -0.1) is 0 Å².